The van der Waals surface area contributed by atoms with Gasteiger partial charge in [-0.15, -0.1) is 6.58 Å². The van der Waals surface area contributed by atoms with Gasteiger partial charge >= 0.3 is 5.97 Å². The van der Waals surface area contributed by atoms with Crippen molar-refractivity contribution in [2.75, 3.05) is 7.11 Å². The fourth-order valence-electron chi connectivity index (χ4n) is 1.07. The lowest BCUT2D eigenvalue weighted by atomic mass is 9.96. The van der Waals surface area contributed by atoms with Gasteiger partial charge in [-0.2, -0.15) is 0 Å². The summed E-state index contributed by atoms with van der Waals surface area (Å²) in [6, 6.07) is 0. The highest BCUT2D eigenvalue weighted by atomic mass is 35.5. The lowest BCUT2D eigenvalue weighted by Crippen LogP contribution is -2.42. The number of rotatable bonds is 2. The van der Waals surface area contributed by atoms with E-state index in [4.69, 9.17) is 17.3 Å². The maximum Gasteiger partial charge on any atom is 0.354 e. The minimum atomic E-state index is -1.58. The zero-order valence-electron chi connectivity index (χ0n) is 8.01. The fourth-order valence-corrected chi connectivity index (χ4v) is 1.34. The van der Waals surface area contributed by atoms with Crippen molar-refractivity contribution in [1.29, 1.82) is 0 Å². The lowest BCUT2D eigenvalue weighted by Gasteiger charge is -2.26. The molecule has 4 nitrogen and oxygen atoms in total. The van der Waals surface area contributed by atoms with Gasteiger partial charge in [0.15, 0.2) is 5.83 Å². The molecule has 6 heteroatoms. The van der Waals surface area contributed by atoms with Gasteiger partial charge in [0, 0.05) is 0 Å². The Morgan fingerprint density at radius 2 is 2.47 bits per heavy atom. The summed E-state index contributed by atoms with van der Waals surface area (Å²) in [5.41, 5.74) is 4.02. The first-order chi connectivity index (χ1) is 6.94. The molecule has 1 aliphatic rings. The normalized spacial score (nSPS) is 25.5. The van der Waals surface area contributed by atoms with Gasteiger partial charge in [0.2, 0.25) is 0 Å². The number of dihydropyridines is 1. The molecule has 0 fully saturated rings. The molecule has 0 aromatic heterocycles. The van der Waals surface area contributed by atoms with E-state index in [0.29, 0.717) is 0 Å². The first-order valence-electron chi connectivity index (χ1n) is 4.01. The third-order valence-electron chi connectivity index (χ3n) is 1.94. The van der Waals surface area contributed by atoms with Crippen molar-refractivity contribution in [3.63, 3.8) is 0 Å². The quantitative estimate of drug-likeness (QED) is 0.422. The number of nitrogens with one attached hydrogen (secondary N) is 1. The smallest absolute Gasteiger partial charge is 0.354 e. The van der Waals surface area contributed by atoms with E-state index in [1.807, 2.05) is 0 Å². The van der Waals surface area contributed by atoms with E-state index in [-0.39, 0.29) is 10.9 Å². The minimum Gasteiger partial charge on any atom is -0.464 e. The number of hydrogen-bond acceptors (Lipinski definition) is 4. The van der Waals surface area contributed by atoms with Crippen LogP contribution in [-0.4, -0.2) is 18.6 Å². The minimum absolute atomic E-state index is 0.0219. The van der Waals surface area contributed by atoms with Crippen molar-refractivity contribution in [1.82, 2.24) is 5.32 Å². The molecule has 15 heavy (non-hydrogen) atoms. The zero-order valence-corrected chi connectivity index (χ0v) is 8.77. The summed E-state index contributed by atoms with van der Waals surface area (Å²) in [6.07, 6.45) is 2.31. The third kappa shape index (κ3) is 2.03. The Bertz CT molecular complexity index is 378. The van der Waals surface area contributed by atoms with E-state index in [0.717, 1.165) is 12.2 Å². The predicted molar refractivity (Wildman–Crippen MR) is 54.3 cm³/mol. The van der Waals surface area contributed by atoms with Crippen LogP contribution in [0.3, 0.4) is 0 Å². The number of hydrogen-bond donors (Lipinski definition) is 2. The molecule has 1 rings (SSSR count). The second-order valence-electron chi connectivity index (χ2n) is 2.94. The molecule has 1 unspecified atom stereocenters. The summed E-state index contributed by atoms with van der Waals surface area (Å²) in [7, 11) is 1.19. The molecule has 0 radical (unpaired) electrons. The van der Waals surface area contributed by atoms with Crippen LogP contribution in [0.15, 0.2) is 35.4 Å². The molecule has 0 aromatic rings. The van der Waals surface area contributed by atoms with Gasteiger partial charge in [-0.05, 0) is 6.08 Å². The van der Waals surface area contributed by atoms with E-state index >= 15 is 0 Å². The van der Waals surface area contributed by atoms with Crippen LogP contribution in [0.4, 0.5) is 4.39 Å². The molecule has 0 saturated carbocycles. The van der Waals surface area contributed by atoms with Crippen molar-refractivity contribution < 1.29 is 13.9 Å². The molecule has 0 spiro atoms. The highest BCUT2D eigenvalue weighted by molar-refractivity contribution is 6.30. The Morgan fingerprint density at radius 3 is 2.93 bits per heavy atom. The Kier molecular flexibility index (Phi) is 3.16. The Balaban J connectivity index is 3.15. The molecular formula is C9H10ClFN2O2. The van der Waals surface area contributed by atoms with Crippen molar-refractivity contribution in [2.24, 2.45) is 5.73 Å². The summed E-state index contributed by atoms with van der Waals surface area (Å²) in [4.78, 5) is 11.2. The number of carbonyl (C=O) groups is 1. The van der Waals surface area contributed by atoms with Crippen LogP contribution >= 0.6 is 11.6 Å². The monoisotopic (exact) mass is 232 g/mol. The van der Waals surface area contributed by atoms with E-state index in [2.05, 4.69) is 16.6 Å². The SMILES string of the molecule is C=CC1(N)C=C(C(=O)OC)NC(Cl)=C1F. The molecule has 0 aliphatic carbocycles. The highest BCUT2D eigenvalue weighted by Crippen LogP contribution is 2.28. The summed E-state index contributed by atoms with van der Waals surface area (Å²) >= 11 is 5.54. The fraction of sp³-hybridized carbons (Fsp3) is 0.222. The third-order valence-corrected chi connectivity index (χ3v) is 2.20. The standard InChI is InChI=1S/C9H10ClFN2O2/c1-3-9(12)4-5(8(14)15-2)13-7(10)6(9)11/h3-4,13H,1,12H2,2H3. The van der Waals surface area contributed by atoms with Gasteiger partial charge in [-0.25, -0.2) is 9.18 Å². The Labute approximate surface area is 91.2 Å². The molecule has 1 heterocycles. The number of carbonyl (C=O) groups excluding carboxylic acids is 1. The van der Waals surface area contributed by atoms with Gasteiger partial charge in [-0.3, -0.25) is 0 Å². The maximum absolute atomic E-state index is 13.5. The molecule has 1 atom stereocenters. The molecule has 1 aliphatic heterocycles. The van der Waals surface area contributed by atoms with E-state index in [1.165, 1.54) is 7.11 Å². The molecule has 3 N–H and O–H groups in total. The van der Waals surface area contributed by atoms with E-state index in [1.54, 1.807) is 0 Å². The molecule has 82 valence electrons. The van der Waals surface area contributed by atoms with Crippen LogP contribution < -0.4 is 11.1 Å². The highest BCUT2D eigenvalue weighted by Gasteiger charge is 2.34. The largest absolute Gasteiger partial charge is 0.464 e. The van der Waals surface area contributed by atoms with Crippen molar-refractivity contribution in [3.05, 3.63) is 35.4 Å². The number of nitrogens with two attached hydrogens (primary N) is 1. The first kappa shape index (κ1) is 11.7. The Hall–Kier alpha value is -1.33. The van der Waals surface area contributed by atoms with Crippen LogP contribution in [0, 0.1) is 0 Å². The first-order valence-corrected chi connectivity index (χ1v) is 4.39. The van der Waals surface area contributed by atoms with Crippen molar-refractivity contribution >= 4 is 17.6 Å². The van der Waals surface area contributed by atoms with Crippen LogP contribution in [-0.2, 0) is 9.53 Å². The van der Waals surface area contributed by atoms with Gasteiger partial charge < -0.3 is 15.8 Å². The van der Waals surface area contributed by atoms with Crippen LogP contribution in [0.5, 0.6) is 0 Å². The predicted octanol–water partition coefficient (Wildman–Crippen LogP) is 0.907. The van der Waals surface area contributed by atoms with Crippen LogP contribution in [0.25, 0.3) is 0 Å². The van der Waals surface area contributed by atoms with E-state index in [9.17, 15) is 9.18 Å². The summed E-state index contributed by atoms with van der Waals surface area (Å²) < 4.78 is 17.9. The van der Waals surface area contributed by atoms with Gasteiger partial charge in [0.25, 0.3) is 0 Å². The van der Waals surface area contributed by atoms with E-state index < -0.39 is 17.3 Å². The number of halogens is 2. The summed E-state index contributed by atoms with van der Waals surface area (Å²) in [5, 5.41) is 1.99. The second kappa shape index (κ2) is 4.04. The average Bonchev–Trinajstić information content (AvgIpc) is 2.24. The second-order valence-corrected chi connectivity index (χ2v) is 3.32. The number of methoxy groups -OCH3 is 1. The van der Waals surface area contributed by atoms with Crippen molar-refractivity contribution in [2.45, 2.75) is 5.54 Å². The molecular weight excluding hydrogens is 223 g/mol. The molecule has 0 amide bonds. The van der Waals surface area contributed by atoms with Gasteiger partial charge in [0.05, 0.1) is 7.11 Å². The molecule has 0 bridgehead atoms. The summed E-state index contributed by atoms with van der Waals surface area (Å²) in [5.74, 6) is -1.48. The molecule has 0 saturated heterocycles. The van der Waals surface area contributed by atoms with Crippen LogP contribution in [0.1, 0.15) is 0 Å². The summed E-state index contributed by atoms with van der Waals surface area (Å²) in [6.45, 7) is 3.38. The van der Waals surface area contributed by atoms with Crippen LogP contribution in [0.2, 0.25) is 0 Å². The molecule has 0 aromatic carbocycles. The lowest BCUT2D eigenvalue weighted by molar-refractivity contribution is -0.136. The topological polar surface area (TPSA) is 64.4 Å². The number of esters is 1. The maximum atomic E-state index is 13.5. The van der Waals surface area contributed by atoms with Crippen molar-refractivity contribution in [3.8, 4) is 0 Å². The Morgan fingerprint density at radius 1 is 1.87 bits per heavy atom. The zero-order chi connectivity index (χ0) is 11.6. The number of ether oxygens (including phenoxy) is 1. The average molecular weight is 233 g/mol. The van der Waals surface area contributed by atoms with Gasteiger partial charge in [-0.1, -0.05) is 17.7 Å². The van der Waals surface area contributed by atoms with Gasteiger partial charge in [0.1, 0.15) is 16.4 Å².